The Morgan fingerprint density at radius 2 is 1.80 bits per heavy atom. The van der Waals surface area contributed by atoms with E-state index < -0.39 is 16.0 Å². The van der Waals surface area contributed by atoms with Crippen molar-refractivity contribution in [3.8, 4) is 11.1 Å². The Bertz CT molecular complexity index is 846. The number of hydrogen-bond acceptors (Lipinski definition) is 5. The minimum absolute atomic E-state index is 0.0800. The van der Waals surface area contributed by atoms with Gasteiger partial charge < -0.3 is 14.9 Å². The van der Waals surface area contributed by atoms with Crippen LogP contribution < -0.4 is 4.72 Å². The summed E-state index contributed by atoms with van der Waals surface area (Å²) in [6.07, 6.45) is 0. The van der Waals surface area contributed by atoms with E-state index in [9.17, 15) is 18.3 Å². The summed E-state index contributed by atoms with van der Waals surface area (Å²) in [5, 5.41) is 18.4. The zero-order valence-corrected chi connectivity index (χ0v) is 14.4. The van der Waals surface area contributed by atoms with Crippen molar-refractivity contribution < 1.29 is 28.2 Å². The van der Waals surface area contributed by atoms with Gasteiger partial charge in [-0.05, 0) is 34.9 Å². The Morgan fingerprint density at radius 1 is 1.12 bits per heavy atom. The number of carboxylic acids is 1. The van der Waals surface area contributed by atoms with Crippen LogP contribution in [0.15, 0.2) is 47.4 Å². The number of aliphatic hydroxyl groups excluding tert-OH is 1. The Hall–Kier alpha value is -2.26. The zero-order chi connectivity index (χ0) is 18.4. The molecule has 0 fully saturated rings. The minimum Gasteiger partial charge on any atom is -0.478 e. The van der Waals surface area contributed by atoms with E-state index in [1.807, 2.05) is 0 Å². The smallest absolute Gasteiger partial charge is 0.335 e. The molecular formula is C17H19NO6S. The van der Waals surface area contributed by atoms with Gasteiger partial charge in [0.2, 0.25) is 10.0 Å². The first-order chi connectivity index (χ1) is 11.9. The van der Waals surface area contributed by atoms with Crippen LogP contribution in [0.4, 0.5) is 0 Å². The van der Waals surface area contributed by atoms with Gasteiger partial charge in [-0.15, -0.1) is 0 Å². The average molecular weight is 365 g/mol. The van der Waals surface area contributed by atoms with Crippen molar-refractivity contribution in [3.63, 3.8) is 0 Å². The minimum atomic E-state index is -3.87. The van der Waals surface area contributed by atoms with Gasteiger partial charge in [-0.1, -0.05) is 24.3 Å². The number of carboxylic acid groups (broad SMARTS) is 1. The molecule has 0 amide bonds. The molecule has 0 aliphatic carbocycles. The van der Waals surface area contributed by atoms with Gasteiger partial charge in [-0.3, -0.25) is 0 Å². The summed E-state index contributed by atoms with van der Waals surface area (Å²) < 4.78 is 31.9. The number of rotatable bonds is 8. The monoisotopic (exact) mass is 365 g/mol. The van der Waals surface area contributed by atoms with Crippen LogP contribution in [0.25, 0.3) is 11.1 Å². The highest BCUT2D eigenvalue weighted by molar-refractivity contribution is 7.89. The summed E-state index contributed by atoms with van der Waals surface area (Å²) >= 11 is 0. The Kier molecular flexibility index (Phi) is 6.27. The second-order valence-electron chi connectivity index (χ2n) is 5.30. The third-order valence-electron chi connectivity index (χ3n) is 3.53. The third-order valence-corrected chi connectivity index (χ3v) is 4.97. The first-order valence-corrected chi connectivity index (χ1v) is 8.93. The van der Waals surface area contributed by atoms with E-state index in [4.69, 9.17) is 9.84 Å². The van der Waals surface area contributed by atoms with Crippen LogP contribution in [-0.4, -0.2) is 44.9 Å². The summed E-state index contributed by atoms with van der Waals surface area (Å²) in [6, 6.07) is 10.7. The predicted octanol–water partition coefficient (Wildman–Crippen LogP) is 1.47. The highest BCUT2D eigenvalue weighted by Crippen LogP contribution is 2.25. The largest absolute Gasteiger partial charge is 0.478 e. The van der Waals surface area contributed by atoms with Gasteiger partial charge in [0.05, 0.1) is 23.7 Å². The number of sulfonamides is 1. The molecule has 0 saturated carbocycles. The molecule has 0 bridgehead atoms. The highest BCUT2D eigenvalue weighted by Gasteiger charge is 2.18. The number of ether oxygens (including phenoxy) is 1. The van der Waals surface area contributed by atoms with Gasteiger partial charge in [-0.25, -0.2) is 17.9 Å². The van der Waals surface area contributed by atoms with Gasteiger partial charge in [-0.2, -0.15) is 0 Å². The zero-order valence-electron chi connectivity index (χ0n) is 13.6. The molecule has 0 saturated heterocycles. The molecule has 2 rings (SSSR count). The molecule has 7 nitrogen and oxygen atoms in total. The fourth-order valence-corrected chi connectivity index (χ4v) is 3.29. The third kappa shape index (κ3) is 4.86. The molecular weight excluding hydrogens is 346 g/mol. The molecule has 8 heteroatoms. The molecule has 0 heterocycles. The maximum absolute atomic E-state index is 12.4. The lowest BCUT2D eigenvalue weighted by Gasteiger charge is -2.10. The summed E-state index contributed by atoms with van der Waals surface area (Å²) in [6.45, 7) is 0.169. The van der Waals surface area contributed by atoms with Gasteiger partial charge >= 0.3 is 5.97 Å². The SMILES string of the molecule is COCCNS(=O)(=O)c1cc(C(=O)O)cc(-c2ccc(CO)cc2)c1. The van der Waals surface area contributed by atoms with Crippen molar-refractivity contribution in [1.29, 1.82) is 0 Å². The normalized spacial score (nSPS) is 11.4. The van der Waals surface area contributed by atoms with Crippen LogP contribution in [0.1, 0.15) is 15.9 Å². The summed E-state index contributed by atoms with van der Waals surface area (Å²) in [4.78, 5) is 11.2. The average Bonchev–Trinajstić information content (AvgIpc) is 2.61. The van der Waals surface area contributed by atoms with Crippen molar-refractivity contribution in [2.45, 2.75) is 11.5 Å². The summed E-state index contributed by atoms with van der Waals surface area (Å²) in [5.41, 5.74) is 1.67. The molecule has 2 aromatic rings. The molecule has 0 aliphatic heterocycles. The maximum atomic E-state index is 12.4. The topological polar surface area (TPSA) is 113 Å². The van der Waals surface area contributed by atoms with Crippen LogP contribution in [-0.2, 0) is 21.4 Å². The molecule has 0 aliphatic rings. The second kappa shape index (κ2) is 8.21. The molecule has 0 aromatic heterocycles. The second-order valence-corrected chi connectivity index (χ2v) is 7.06. The number of nitrogens with one attached hydrogen (secondary N) is 1. The molecule has 0 atom stereocenters. The van der Waals surface area contributed by atoms with E-state index in [0.29, 0.717) is 16.7 Å². The fourth-order valence-electron chi connectivity index (χ4n) is 2.21. The van der Waals surface area contributed by atoms with E-state index in [1.165, 1.54) is 19.2 Å². The van der Waals surface area contributed by atoms with Crippen LogP contribution >= 0.6 is 0 Å². The lowest BCUT2D eigenvalue weighted by molar-refractivity contribution is 0.0696. The quantitative estimate of drug-likeness (QED) is 0.611. The van der Waals surface area contributed by atoms with Crippen LogP contribution in [0.3, 0.4) is 0 Å². The number of hydrogen-bond donors (Lipinski definition) is 3. The first kappa shape index (κ1) is 19.1. The lowest BCUT2D eigenvalue weighted by atomic mass is 10.0. The van der Waals surface area contributed by atoms with Gasteiger partial charge in [0.15, 0.2) is 0 Å². The van der Waals surface area contributed by atoms with Crippen LogP contribution in [0.5, 0.6) is 0 Å². The van der Waals surface area contributed by atoms with E-state index in [2.05, 4.69) is 4.72 Å². The van der Waals surface area contributed by atoms with Crippen molar-refractivity contribution in [3.05, 3.63) is 53.6 Å². The maximum Gasteiger partial charge on any atom is 0.335 e. The molecule has 2 aromatic carbocycles. The molecule has 3 N–H and O–H groups in total. The number of benzene rings is 2. The predicted molar refractivity (Wildman–Crippen MR) is 91.8 cm³/mol. The standard InChI is InChI=1S/C17H19NO6S/c1-24-7-6-18-25(22,23)16-9-14(8-15(10-16)17(20)21)13-4-2-12(11-19)3-5-13/h2-5,8-10,18-19H,6-7,11H2,1H3,(H,20,21). The van der Waals surface area contributed by atoms with Crippen LogP contribution in [0.2, 0.25) is 0 Å². The van der Waals surface area contributed by atoms with E-state index in [1.54, 1.807) is 24.3 Å². The highest BCUT2D eigenvalue weighted by atomic mass is 32.2. The summed E-state index contributed by atoms with van der Waals surface area (Å²) in [5.74, 6) is -1.22. The lowest BCUT2D eigenvalue weighted by Crippen LogP contribution is -2.27. The van der Waals surface area contributed by atoms with Crippen molar-refractivity contribution in [2.75, 3.05) is 20.3 Å². The van der Waals surface area contributed by atoms with Gasteiger partial charge in [0.1, 0.15) is 0 Å². The molecule has 0 radical (unpaired) electrons. The van der Waals surface area contributed by atoms with Crippen molar-refractivity contribution in [1.82, 2.24) is 4.72 Å². The molecule has 134 valence electrons. The van der Waals surface area contributed by atoms with Gasteiger partial charge in [0, 0.05) is 13.7 Å². The van der Waals surface area contributed by atoms with E-state index >= 15 is 0 Å². The fraction of sp³-hybridized carbons (Fsp3) is 0.235. The molecule has 0 unspecified atom stereocenters. The Labute approximate surface area is 145 Å². The Morgan fingerprint density at radius 3 is 2.36 bits per heavy atom. The van der Waals surface area contributed by atoms with E-state index in [-0.39, 0.29) is 30.2 Å². The Balaban J connectivity index is 2.47. The first-order valence-electron chi connectivity index (χ1n) is 7.44. The number of methoxy groups -OCH3 is 1. The molecule has 0 spiro atoms. The summed E-state index contributed by atoms with van der Waals surface area (Å²) in [7, 11) is -2.41. The van der Waals surface area contributed by atoms with Crippen molar-refractivity contribution in [2.24, 2.45) is 0 Å². The number of aromatic carboxylic acids is 1. The molecule has 25 heavy (non-hydrogen) atoms. The van der Waals surface area contributed by atoms with Gasteiger partial charge in [0.25, 0.3) is 0 Å². The van der Waals surface area contributed by atoms with E-state index in [0.717, 1.165) is 6.07 Å². The van der Waals surface area contributed by atoms with Crippen LogP contribution in [0, 0.1) is 0 Å². The number of aliphatic hydroxyl groups is 1. The number of carbonyl (C=O) groups is 1. The van der Waals surface area contributed by atoms with Crippen molar-refractivity contribution >= 4 is 16.0 Å².